The second-order valence-corrected chi connectivity index (χ2v) is 5.48. The lowest BCUT2D eigenvalue weighted by Gasteiger charge is -2.32. The number of carboxylic acid groups (broad SMARTS) is 1. The molecule has 1 saturated heterocycles. The molecule has 1 aliphatic rings. The average molecular weight is 334 g/mol. The molecular formula is C17H22N2O5. The summed E-state index contributed by atoms with van der Waals surface area (Å²) >= 11 is 0. The summed E-state index contributed by atoms with van der Waals surface area (Å²) in [4.78, 5) is 39.1. The zero-order valence-corrected chi connectivity index (χ0v) is 13.9. The molecule has 7 nitrogen and oxygen atoms in total. The summed E-state index contributed by atoms with van der Waals surface area (Å²) in [5.41, 5.74) is 0.867. The molecule has 1 aliphatic heterocycles. The molecule has 0 radical (unpaired) electrons. The zero-order valence-electron chi connectivity index (χ0n) is 13.9. The van der Waals surface area contributed by atoms with Crippen molar-refractivity contribution >= 4 is 17.8 Å². The molecule has 1 N–H and O–H groups in total. The largest absolute Gasteiger partial charge is 0.480 e. The minimum absolute atomic E-state index is 0.0143. The Hall–Kier alpha value is -2.41. The Morgan fingerprint density at radius 2 is 1.75 bits per heavy atom. The van der Waals surface area contributed by atoms with E-state index in [0.717, 1.165) is 0 Å². The lowest BCUT2D eigenvalue weighted by molar-refractivity contribution is -0.147. The number of hydrogen-bond acceptors (Lipinski definition) is 4. The summed E-state index contributed by atoms with van der Waals surface area (Å²) in [6.45, 7) is 5.57. The van der Waals surface area contributed by atoms with Crippen molar-refractivity contribution in [1.82, 2.24) is 9.80 Å². The monoisotopic (exact) mass is 334 g/mol. The molecule has 1 aromatic rings. The van der Waals surface area contributed by atoms with Gasteiger partial charge in [-0.1, -0.05) is 0 Å². The van der Waals surface area contributed by atoms with Crippen LogP contribution in [0.25, 0.3) is 0 Å². The molecule has 0 aromatic heterocycles. The predicted molar refractivity (Wildman–Crippen MR) is 87.0 cm³/mol. The number of carboxylic acids is 1. The van der Waals surface area contributed by atoms with Gasteiger partial charge in [0.25, 0.3) is 11.8 Å². The van der Waals surface area contributed by atoms with E-state index in [-0.39, 0.29) is 25.0 Å². The first kappa shape index (κ1) is 17.9. The maximum atomic E-state index is 12.6. The molecule has 1 atom stereocenters. The highest BCUT2D eigenvalue weighted by Crippen LogP contribution is 2.15. The number of amides is 2. The van der Waals surface area contributed by atoms with Crippen LogP contribution in [0.3, 0.4) is 0 Å². The van der Waals surface area contributed by atoms with E-state index in [2.05, 4.69) is 0 Å². The Kier molecular flexibility index (Phi) is 5.92. The molecule has 0 spiro atoms. The van der Waals surface area contributed by atoms with Crippen molar-refractivity contribution in [3.8, 4) is 0 Å². The van der Waals surface area contributed by atoms with Gasteiger partial charge >= 0.3 is 5.97 Å². The van der Waals surface area contributed by atoms with Gasteiger partial charge in [0, 0.05) is 30.8 Å². The van der Waals surface area contributed by atoms with Gasteiger partial charge in [-0.25, -0.2) is 4.79 Å². The van der Waals surface area contributed by atoms with E-state index >= 15 is 0 Å². The highest BCUT2D eigenvalue weighted by Gasteiger charge is 2.33. The SMILES string of the molecule is CCN(CC)C(=O)c1ccc(C(=O)N2CCOCC2C(=O)O)cc1. The van der Waals surface area contributed by atoms with Gasteiger partial charge in [-0.05, 0) is 38.1 Å². The quantitative estimate of drug-likeness (QED) is 0.871. The van der Waals surface area contributed by atoms with Crippen LogP contribution in [-0.2, 0) is 9.53 Å². The number of hydrogen-bond donors (Lipinski definition) is 1. The summed E-state index contributed by atoms with van der Waals surface area (Å²) in [5, 5.41) is 9.21. The molecule has 24 heavy (non-hydrogen) atoms. The number of morpholine rings is 1. The molecule has 0 aliphatic carbocycles. The van der Waals surface area contributed by atoms with Gasteiger partial charge in [-0.2, -0.15) is 0 Å². The average Bonchev–Trinajstić information content (AvgIpc) is 2.62. The lowest BCUT2D eigenvalue weighted by Crippen LogP contribution is -2.52. The van der Waals surface area contributed by atoms with Crippen molar-refractivity contribution in [3.63, 3.8) is 0 Å². The molecule has 0 bridgehead atoms. The second kappa shape index (κ2) is 7.92. The zero-order chi connectivity index (χ0) is 17.7. The Labute approximate surface area is 140 Å². The van der Waals surface area contributed by atoms with Crippen LogP contribution in [0, 0.1) is 0 Å². The summed E-state index contributed by atoms with van der Waals surface area (Å²) < 4.78 is 5.14. The Morgan fingerprint density at radius 3 is 2.29 bits per heavy atom. The van der Waals surface area contributed by atoms with Crippen molar-refractivity contribution in [2.75, 3.05) is 32.8 Å². The van der Waals surface area contributed by atoms with Crippen molar-refractivity contribution in [3.05, 3.63) is 35.4 Å². The number of carbonyl (C=O) groups excluding carboxylic acids is 2. The van der Waals surface area contributed by atoms with Crippen LogP contribution in [-0.4, -0.2) is 71.6 Å². The molecule has 1 unspecified atom stereocenters. The van der Waals surface area contributed by atoms with Gasteiger partial charge in [-0.15, -0.1) is 0 Å². The van der Waals surface area contributed by atoms with E-state index in [1.807, 2.05) is 13.8 Å². The Balaban J connectivity index is 2.16. The lowest BCUT2D eigenvalue weighted by atomic mass is 10.1. The minimum atomic E-state index is -1.09. The van der Waals surface area contributed by atoms with Crippen LogP contribution < -0.4 is 0 Å². The van der Waals surface area contributed by atoms with Gasteiger partial charge < -0.3 is 19.6 Å². The highest BCUT2D eigenvalue weighted by atomic mass is 16.5. The van der Waals surface area contributed by atoms with E-state index in [0.29, 0.717) is 30.8 Å². The Morgan fingerprint density at radius 1 is 1.17 bits per heavy atom. The molecule has 1 fully saturated rings. The summed E-state index contributed by atoms with van der Waals surface area (Å²) in [6, 6.07) is 5.35. The molecule has 7 heteroatoms. The molecular weight excluding hydrogens is 312 g/mol. The summed E-state index contributed by atoms with van der Waals surface area (Å²) in [5.74, 6) is -1.54. The van der Waals surface area contributed by atoms with Gasteiger partial charge in [0.1, 0.15) is 0 Å². The highest BCUT2D eigenvalue weighted by molar-refractivity contribution is 5.99. The van der Waals surface area contributed by atoms with Crippen molar-refractivity contribution in [1.29, 1.82) is 0 Å². The number of aliphatic carboxylic acids is 1. The molecule has 0 saturated carbocycles. The van der Waals surface area contributed by atoms with E-state index in [1.54, 1.807) is 29.2 Å². The van der Waals surface area contributed by atoms with Gasteiger partial charge in [0.15, 0.2) is 6.04 Å². The molecule has 1 aromatic carbocycles. The third kappa shape index (κ3) is 3.73. The topological polar surface area (TPSA) is 87.2 Å². The van der Waals surface area contributed by atoms with Crippen molar-refractivity contribution < 1.29 is 24.2 Å². The first-order valence-electron chi connectivity index (χ1n) is 8.00. The number of carbonyl (C=O) groups is 3. The predicted octanol–water partition coefficient (Wildman–Crippen LogP) is 1.09. The van der Waals surface area contributed by atoms with Gasteiger partial charge in [-0.3, -0.25) is 9.59 Å². The number of ether oxygens (including phenoxy) is 1. The van der Waals surface area contributed by atoms with Crippen molar-refractivity contribution in [2.24, 2.45) is 0 Å². The third-order valence-electron chi connectivity index (χ3n) is 4.10. The van der Waals surface area contributed by atoms with Crippen LogP contribution in [0.15, 0.2) is 24.3 Å². The summed E-state index contributed by atoms with van der Waals surface area (Å²) in [7, 11) is 0. The molecule has 1 heterocycles. The van der Waals surface area contributed by atoms with Crippen LogP contribution >= 0.6 is 0 Å². The van der Waals surface area contributed by atoms with Crippen LogP contribution in [0.2, 0.25) is 0 Å². The number of nitrogens with zero attached hydrogens (tertiary/aromatic N) is 2. The Bertz CT molecular complexity index is 610. The first-order chi connectivity index (χ1) is 11.5. The van der Waals surface area contributed by atoms with E-state index < -0.39 is 12.0 Å². The van der Waals surface area contributed by atoms with E-state index in [1.165, 1.54) is 4.90 Å². The fourth-order valence-electron chi connectivity index (χ4n) is 2.67. The van der Waals surface area contributed by atoms with Crippen LogP contribution in [0.1, 0.15) is 34.6 Å². The van der Waals surface area contributed by atoms with Crippen molar-refractivity contribution in [2.45, 2.75) is 19.9 Å². The third-order valence-corrected chi connectivity index (χ3v) is 4.10. The maximum Gasteiger partial charge on any atom is 0.328 e. The number of benzene rings is 1. The molecule has 2 rings (SSSR count). The second-order valence-electron chi connectivity index (χ2n) is 5.48. The first-order valence-corrected chi connectivity index (χ1v) is 8.00. The smallest absolute Gasteiger partial charge is 0.328 e. The van der Waals surface area contributed by atoms with Crippen LogP contribution in [0.4, 0.5) is 0 Å². The number of rotatable bonds is 5. The van der Waals surface area contributed by atoms with E-state index in [9.17, 15) is 19.5 Å². The summed E-state index contributed by atoms with van der Waals surface area (Å²) in [6.07, 6.45) is 0. The van der Waals surface area contributed by atoms with E-state index in [4.69, 9.17) is 4.74 Å². The molecule has 2 amide bonds. The minimum Gasteiger partial charge on any atom is -0.480 e. The normalized spacial score (nSPS) is 17.4. The molecule has 130 valence electrons. The fraction of sp³-hybridized carbons (Fsp3) is 0.471. The van der Waals surface area contributed by atoms with Crippen LogP contribution in [0.5, 0.6) is 0 Å². The fourth-order valence-corrected chi connectivity index (χ4v) is 2.67. The maximum absolute atomic E-state index is 12.6. The standard InChI is InChI=1S/C17H22N2O5/c1-3-18(4-2)15(20)12-5-7-13(8-6-12)16(21)19-9-10-24-11-14(19)17(22)23/h5-8,14H,3-4,9-11H2,1-2H3,(H,22,23). The van der Waals surface area contributed by atoms with Gasteiger partial charge in [0.05, 0.1) is 13.2 Å². The van der Waals surface area contributed by atoms with Gasteiger partial charge in [0.2, 0.25) is 0 Å².